The van der Waals surface area contributed by atoms with Crippen molar-refractivity contribution in [2.45, 2.75) is 48.7 Å². The van der Waals surface area contributed by atoms with E-state index in [1.54, 1.807) is 24.3 Å². The van der Waals surface area contributed by atoms with Crippen LogP contribution in [0.3, 0.4) is 0 Å². The standard InChI is InChI=1S/C23H29N3O3S/c27-23(25-18-10-12-20(13-11-18)26-14-3-4-15-26)17-24-19-6-5-9-22(16-19)30(28,29)21-7-1-2-8-21/h5-6,9-13,16,21,24H,1-4,7-8,14-15,17H2,(H,25,27). The number of carbonyl (C=O) groups is 1. The Bertz CT molecular complexity index is 977. The highest BCUT2D eigenvalue weighted by atomic mass is 32.2. The highest BCUT2D eigenvalue weighted by Crippen LogP contribution is 2.30. The Balaban J connectivity index is 1.32. The van der Waals surface area contributed by atoms with Gasteiger partial charge in [-0.05, 0) is 68.1 Å². The maximum absolute atomic E-state index is 12.8. The fourth-order valence-electron chi connectivity index (χ4n) is 4.29. The average Bonchev–Trinajstić information content (AvgIpc) is 3.47. The van der Waals surface area contributed by atoms with Crippen molar-refractivity contribution in [1.82, 2.24) is 0 Å². The number of amides is 1. The third kappa shape index (κ3) is 4.78. The molecule has 0 bridgehead atoms. The van der Waals surface area contributed by atoms with Gasteiger partial charge in [-0.2, -0.15) is 0 Å². The van der Waals surface area contributed by atoms with Gasteiger partial charge in [-0.15, -0.1) is 0 Å². The van der Waals surface area contributed by atoms with E-state index in [4.69, 9.17) is 0 Å². The number of carbonyl (C=O) groups excluding carboxylic acids is 1. The normalized spacial score (nSPS) is 17.3. The Kier molecular flexibility index (Phi) is 6.27. The predicted octanol–water partition coefficient (Wildman–Crippen LogP) is 4.05. The minimum absolute atomic E-state index is 0.0702. The first kappa shape index (κ1) is 20.7. The summed E-state index contributed by atoms with van der Waals surface area (Å²) in [7, 11) is -3.30. The third-order valence-corrected chi connectivity index (χ3v) is 8.24. The lowest BCUT2D eigenvalue weighted by Crippen LogP contribution is -2.22. The van der Waals surface area contributed by atoms with Crippen LogP contribution in [-0.4, -0.2) is 39.2 Å². The van der Waals surface area contributed by atoms with Crippen molar-refractivity contribution in [3.05, 3.63) is 48.5 Å². The van der Waals surface area contributed by atoms with Crippen LogP contribution in [0.2, 0.25) is 0 Å². The Morgan fingerprint density at radius 3 is 2.33 bits per heavy atom. The smallest absolute Gasteiger partial charge is 0.243 e. The summed E-state index contributed by atoms with van der Waals surface area (Å²) in [5.74, 6) is -0.173. The van der Waals surface area contributed by atoms with Crippen molar-refractivity contribution in [1.29, 1.82) is 0 Å². The highest BCUT2D eigenvalue weighted by molar-refractivity contribution is 7.92. The molecule has 1 saturated heterocycles. The SMILES string of the molecule is O=C(CNc1cccc(S(=O)(=O)C2CCCC2)c1)Nc1ccc(N2CCCC2)cc1. The molecule has 1 heterocycles. The number of hydrogen-bond donors (Lipinski definition) is 2. The van der Waals surface area contributed by atoms with Gasteiger partial charge < -0.3 is 15.5 Å². The molecule has 1 amide bonds. The molecule has 0 spiro atoms. The van der Waals surface area contributed by atoms with Crippen LogP contribution in [0, 0.1) is 0 Å². The average molecular weight is 428 g/mol. The van der Waals surface area contributed by atoms with E-state index < -0.39 is 9.84 Å². The molecule has 0 atom stereocenters. The fourth-order valence-corrected chi connectivity index (χ4v) is 6.19. The predicted molar refractivity (Wildman–Crippen MR) is 121 cm³/mol. The molecule has 2 aliphatic rings. The summed E-state index contributed by atoms with van der Waals surface area (Å²) in [5, 5.41) is 5.64. The molecule has 160 valence electrons. The second kappa shape index (κ2) is 9.08. The lowest BCUT2D eigenvalue weighted by molar-refractivity contribution is -0.114. The summed E-state index contributed by atoms with van der Waals surface area (Å²) in [5.41, 5.74) is 2.57. The fraction of sp³-hybridized carbons (Fsp3) is 0.435. The lowest BCUT2D eigenvalue weighted by atomic mass is 10.2. The number of sulfone groups is 1. The van der Waals surface area contributed by atoms with Crippen LogP contribution in [-0.2, 0) is 14.6 Å². The minimum atomic E-state index is -3.30. The van der Waals surface area contributed by atoms with E-state index in [1.165, 1.54) is 18.5 Å². The number of benzene rings is 2. The largest absolute Gasteiger partial charge is 0.376 e. The van der Waals surface area contributed by atoms with E-state index in [-0.39, 0.29) is 17.7 Å². The first-order valence-electron chi connectivity index (χ1n) is 10.7. The van der Waals surface area contributed by atoms with Gasteiger partial charge in [0.2, 0.25) is 5.91 Å². The van der Waals surface area contributed by atoms with Gasteiger partial charge in [-0.25, -0.2) is 8.42 Å². The lowest BCUT2D eigenvalue weighted by Gasteiger charge is -2.18. The second-order valence-corrected chi connectivity index (χ2v) is 10.4. The van der Waals surface area contributed by atoms with Gasteiger partial charge in [-0.3, -0.25) is 4.79 Å². The summed E-state index contributed by atoms with van der Waals surface area (Å²) < 4.78 is 25.6. The molecule has 0 unspecified atom stereocenters. The van der Waals surface area contributed by atoms with Crippen LogP contribution < -0.4 is 15.5 Å². The molecule has 30 heavy (non-hydrogen) atoms. The monoisotopic (exact) mass is 427 g/mol. The molecule has 1 saturated carbocycles. The van der Waals surface area contributed by atoms with Crippen LogP contribution in [0.25, 0.3) is 0 Å². The van der Waals surface area contributed by atoms with Gasteiger partial charge >= 0.3 is 0 Å². The summed E-state index contributed by atoms with van der Waals surface area (Å²) in [4.78, 5) is 15.0. The number of nitrogens with one attached hydrogen (secondary N) is 2. The zero-order valence-electron chi connectivity index (χ0n) is 17.1. The van der Waals surface area contributed by atoms with Crippen molar-refractivity contribution in [3.63, 3.8) is 0 Å². The summed E-state index contributed by atoms with van der Waals surface area (Å²) in [6, 6.07) is 14.7. The van der Waals surface area contributed by atoms with Gasteiger partial charge in [0.05, 0.1) is 16.7 Å². The van der Waals surface area contributed by atoms with Gasteiger partial charge in [-0.1, -0.05) is 18.9 Å². The maximum Gasteiger partial charge on any atom is 0.243 e. The Morgan fingerprint density at radius 2 is 1.63 bits per heavy atom. The molecule has 2 aromatic rings. The Hall–Kier alpha value is -2.54. The molecule has 2 aromatic carbocycles. The molecule has 0 aromatic heterocycles. The number of nitrogens with zero attached hydrogens (tertiary/aromatic N) is 1. The molecule has 1 aliphatic carbocycles. The first-order chi connectivity index (χ1) is 14.5. The molecule has 2 fully saturated rings. The number of hydrogen-bond acceptors (Lipinski definition) is 5. The topological polar surface area (TPSA) is 78.5 Å². The third-order valence-electron chi connectivity index (χ3n) is 5.98. The number of anilines is 3. The maximum atomic E-state index is 12.8. The zero-order chi connectivity index (χ0) is 21.0. The van der Waals surface area contributed by atoms with E-state index in [0.717, 1.165) is 44.5 Å². The van der Waals surface area contributed by atoms with Crippen molar-refractivity contribution in [2.24, 2.45) is 0 Å². The van der Waals surface area contributed by atoms with Crippen LogP contribution in [0.1, 0.15) is 38.5 Å². The van der Waals surface area contributed by atoms with Crippen molar-refractivity contribution < 1.29 is 13.2 Å². The molecule has 0 radical (unpaired) electrons. The molecular formula is C23H29N3O3S. The molecule has 2 N–H and O–H groups in total. The van der Waals surface area contributed by atoms with E-state index in [9.17, 15) is 13.2 Å². The van der Waals surface area contributed by atoms with Gasteiger partial charge in [0, 0.05) is 30.2 Å². The van der Waals surface area contributed by atoms with Crippen molar-refractivity contribution in [3.8, 4) is 0 Å². The minimum Gasteiger partial charge on any atom is -0.376 e. The van der Waals surface area contributed by atoms with E-state index in [1.807, 2.05) is 24.3 Å². The van der Waals surface area contributed by atoms with Crippen LogP contribution in [0.4, 0.5) is 17.1 Å². The van der Waals surface area contributed by atoms with Crippen LogP contribution >= 0.6 is 0 Å². The van der Waals surface area contributed by atoms with Crippen molar-refractivity contribution >= 4 is 32.8 Å². The Labute approximate surface area is 178 Å². The van der Waals surface area contributed by atoms with E-state index in [2.05, 4.69) is 15.5 Å². The zero-order valence-corrected chi connectivity index (χ0v) is 18.0. The first-order valence-corrected chi connectivity index (χ1v) is 12.3. The second-order valence-electron chi connectivity index (χ2n) is 8.12. The van der Waals surface area contributed by atoms with Crippen molar-refractivity contribution in [2.75, 3.05) is 35.2 Å². The summed E-state index contributed by atoms with van der Waals surface area (Å²) in [6.07, 6.45) is 5.88. The van der Waals surface area contributed by atoms with Gasteiger partial charge in [0.1, 0.15) is 0 Å². The summed E-state index contributed by atoms with van der Waals surface area (Å²) in [6.45, 7) is 2.25. The van der Waals surface area contributed by atoms with E-state index in [0.29, 0.717) is 10.6 Å². The van der Waals surface area contributed by atoms with Crippen LogP contribution in [0.5, 0.6) is 0 Å². The molecular weight excluding hydrogens is 398 g/mol. The van der Waals surface area contributed by atoms with E-state index >= 15 is 0 Å². The van der Waals surface area contributed by atoms with Crippen LogP contribution in [0.15, 0.2) is 53.4 Å². The summed E-state index contributed by atoms with van der Waals surface area (Å²) >= 11 is 0. The Morgan fingerprint density at radius 1 is 0.933 bits per heavy atom. The van der Waals surface area contributed by atoms with Gasteiger partial charge in [0.25, 0.3) is 0 Å². The quantitative estimate of drug-likeness (QED) is 0.697. The highest BCUT2D eigenvalue weighted by Gasteiger charge is 2.30. The molecule has 6 nitrogen and oxygen atoms in total. The molecule has 7 heteroatoms. The van der Waals surface area contributed by atoms with Gasteiger partial charge in [0.15, 0.2) is 9.84 Å². The molecule has 1 aliphatic heterocycles. The number of rotatable bonds is 7. The molecule has 4 rings (SSSR count).